The first kappa shape index (κ1) is 17.0. The van der Waals surface area contributed by atoms with Gasteiger partial charge in [0.05, 0.1) is 11.7 Å². The molecule has 0 spiro atoms. The number of sulfonamides is 1. The number of primary sulfonamides is 1. The molecule has 1 amide bonds. The molecule has 0 fully saturated rings. The Balaban J connectivity index is 3.10. The van der Waals surface area contributed by atoms with E-state index in [0.717, 1.165) is 12.1 Å². The molecule has 1 atom stereocenters. The predicted molar refractivity (Wildman–Crippen MR) is 74.3 cm³/mol. The molecule has 0 aromatic heterocycles. The van der Waals surface area contributed by atoms with E-state index in [2.05, 4.69) is 21.2 Å². The minimum absolute atomic E-state index is 0.0290. The molecule has 1 rings (SSSR count). The van der Waals surface area contributed by atoms with Gasteiger partial charge in [-0.25, -0.2) is 17.9 Å². The topological polar surface area (TPSA) is 98.5 Å². The van der Waals surface area contributed by atoms with Crippen molar-refractivity contribution in [1.82, 2.24) is 5.32 Å². The number of hydrogen-bond donors (Lipinski definition) is 2. The lowest BCUT2D eigenvalue weighted by Crippen LogP contribution is -2.32. The van der Waals surface area contributed by atoms with Crippen molar-refractivity contribution < 1.29 is 22.3 Å². The van der Waals surface area contributed by atoms with E-state index in [1.807, 2.05) is 0 Å². The molecule has 1 aromatic carbocycles. The van der Waals surface area contributed by atoms with Crippen LogP contribution in [0.5, 0.6) is 0 Å². The Morgan fingerprint density at radius 1 is 1.55 bits per heavy atom. The van der Waals surface area contributed by atoms with E-state index in [1.165, 1.54) is 7.11 Å². The number of hydrogen-bond acceptors (Lipinski definition) is 4. The third-order valence-electron chi connectivity index (χ3n) is 2.53. The van der Waals surface area contributed by atoms with Crippen molar-refractivity contribution in [3.8, 4) is 0 Å². The van der Waals surface area contributed by atoms with Crippen molar-refractivity contribution in [3.63, 3.8) is 0 Å². The number of benzene rings is 1. The van der Waals surface area contributed by atoms with E-state index in [9.17, 15) is 17.6 Å². The maximum Gasteiger partial charge on any atom is 0.252 e. The molecule has 0 saturated carbocycles. The molecule has 0 aliphatic heterocycles. The number of nitrogens with two attached hydrogens (primary N) is 1. The summed E-state index contributed by atoms with van der Waals surface area (Å²) in [5, 5.41) is 7.42. The minimum Gasteiger partial charge on any atom is -0.380 e. The Kier molecular flexibility index (Phi) is 5.63. The number of rotatable bonds is 5. The highest BCUT2D eigenvalue weighted by atomic mass is 79.9. The lowest BCUT2D eigenvalue weighted by molar-refractivity contribution is 0.0869. The zero-order valence-electron chi connectivity index (χ0n) is 10.8. The quantitative estimate of drug-likeness (QED) is 0.809. The summed E-state index contributed by atoms with van der Waals surface area (Å²) < 4.78 is 41.1. The van der Waals surface area contributed by atoms with Crippen LogP contribution in [0.4, 0.5) is 4.39 Å². The second kappa shape index (κ2) is 6.61. The molecule has 0 aliphatic carbocycles. The molecule has 0 aliphatic rings. The van der Waals surface area contributed by atoms with E-state index < -0.39 is 26.6 Å². The fraction of sp³-hybridized carbons (Fsp3) is 0.364. The fourth-order valence-corrected chi connectivity index (χ4v) is 2.44. The molecule has 3 N–H and O–H groups in total. The first-order valence-corrected chi connectivity index (χ1v) is 7.83. The van der Waals surface area contributed by atoms with Gasteiger partial charge in [-0.15, -0.1) is 0 Å². The monoisotopic (exact) mass is 368 g/mol. The van der Waals surface area contributed by atoms with Gasteiger partial charge >= 0.3 is 0 Å². The SMILES string of the molecule is COC(C)CNC(=O)c1cc(S(N)(=O)=O)c(F)cc1Br. The predicted octanol–water partition coefficient (Wildman–Crippen LogP) is 1.00. The van der Waals surface area contributed by atoms with E-state index in [1.54, 1.807) is 6.92 Å². The largest absolute Gasteiger partial charge is 0.380 e. The van der Waals surface area contributed by atoms with Crippen LogP contribution in [0, 0.1) is 5.82 Å². The second-order valence-electron chi connectivity index (χ2n) is 4.06. The van der Waals surface area contributed by atoms with Crippen molar-refractivity contribution in [2.24, 2.45) is 5.14 Å². The summed E-state index contributed by atoms with van der Waals surface area (Å²) in [6, 6.07) is 1.77. The maximum atomic E-state index is 13.5. The Labute approximate surface area is 124 Å². The average molecular weight is 369 g/mol. The number of amides is 1. The van der Waals surface area contributed by atoms with Crippen molar-refractivity contribution in [3.05, 3.63) is 28.0 Å². The standard InChI is InChI=1S/C11H14BrFN2O4S/c1-6(19-2)5-15-11(16)7-3-10(20(14,17)18)9(13)4-8(7)12/h3-4,6H,5H2,1-2H3,(H,15,16)(H2,14,17,18). The van der Waals surface area contributed by atoms with Crippen molar-refractivity contribution >= 4 is 31.9 Å². The lowest BCUT2D eigenvalue weighted by Gasteiger charge is -2.12. The summed E-state index contributed by atoms with van der Waals surface area (Å²) in [4.78, 5) is 11.2. The van der Waals surface area contributed by atoms with Crippen LogP contribution in [0.15, 0.2) is 21.5 Å². The van der Waals surface area contributed by atoms with Gasteiger partial charge in [-0.05, 0) is 35.0 Å². The van der Waals surface area contributed by atoms with Crippen LogP contribution in [0.25, 0.3) is 0 Å². The van der Waals surface area contributed by atoms with Crippen molar-refractivity contribution in [2.45, 2.75) is 17.9 Å². The van der Waals surface area contributed by atoms with Crippen molar-refractivity contribution in [1.29, 1.82) is 0 Å². The van der Waals surface area contributed by atoms with Gasteiger partial charge < -0.3 is 10.1 Å². The molecule has 0 saturated heterocycles. The number of carbonyl (C=O) groups is 1. The molecule has 112 valence electrons. The zero-order valence-corrected chi connectivity index (χ0v) is 13.2. The van der Waals surface area contributed by atoms with Gasteiger partial charge in [0.1, 0.15) is 10.7 Å². The summed E-state index contributed by atoms with van der Waals surface area (Å²) >= 11 is 3.01. The van der Waals surface area contributed by atoms with E-state index in [-0.39, 0.29) is 22.7 Å². The first-order chi connectivity index (χ1) is 9.16. The van der Waals surface area contributed by atoms with Gasteiger partial charge in [-0.3, -0.25) is 4.79 Å². The van der Waals surface area contributed by atoms with Gasteiger partial charge in [-0.1, -0.05) is 0 Å². The summed E-state index contributed by atoms with van der Waals surface area (Å²) in [6.07, 6.45) is -0.212. The molecule has 1 aromatic rings. The Hall–Kier alpha value is -1.03. The van der Waals surface area contributed by atoms with Crippen LogP contribution in [0.1, 0.15) is 17.3 Å². The number of ether oxygens (including phenoxy) is 1. The lowest BCUT2D eigenvalue weighted by atomic mass is 10.2. The van der Waals surface area contributed by atoms with Gasteiger partial charge in [0.15, 0.2) is 0 Å². The van der Waals surface area contributed by atoms with Gasteiger partial charge in [-0.2, -0.15) is 0 Å². The summed E-state index contributed by atoms with van der Waals surface area (Å²) in [5.74, 6) is -1.59. The molecule has 9 heteroatoms. The zero-order chi connectivity index (χ0) is 15.5. The van der Waals surface area contributed by atoms with Crippen LogP contribution >= 0.6 is 15.9 Å². The van der Waals surface area contributed by atoms with Crippen molar-refractivity contribution in [2.75, 3.05) is 13.7 Å². The van der Waals surface area contributed by atoms with E-state index in [0.29, 0.717) is 0 Å². The maximum absolute atomic E-state index is 13.5. The van der Waals surface area contributed by atoms with Crippen LogP contribution in [0.3, 0.4) is 0 Å². The highest BCUT2D eigenvalue weighted by Gasteiger charge is 2.20. The highest BCUT2D eigenvalue weighted by molar-refractivity contribution is 9.10. The molecular weight excluding hydrogens is 355 g/mol. The fourth-order valence-electron chi connectivity index (χ4n) is 1.34. The second-order valence-corrected chi connectivity index (χ2v) is 6.45. The molecule has 20 heavy (non-hydrogen) atoms. The molecule has 0 radical (unpaired) electrons. The van der Waals surface area contributed by atoms with E-state index >= 15 is 0 Å². The molecular formula is C11H14BrFN2O4S. The number of nitrogens with one attached hydrogen (secondary N) is 1. The Morgan fingerprint density at radius 3 is 2.65 bits per heavy atom. The van der Waals surface area contributed by atoms with Crippen LogP contribution in [-0.4, -0.2) is 34.1 Å². The minimum atomic E-state index is -4.24. The first-order valence-electron chi connectivity index (χ1n) is 5.49. The summed E-state index contributed by atoms with van der Waals surface area (Å²) in [7, 11) is -2.75. The summed E-state index contributed by atoms with van der Waals surface area (Å²) in [6.45, 7) is 1.97. The number of halogens is 2. The van der Waals surface area contributed by atoms with E-state index in [4.69, 9.17) is 9.88 Å². The van der Waals surface area contributed by atoms with Crippen LogP contribution < -0.4 is 10.5 Å². The average Bonchev–Trinajstić information content (AvgIpc) is 2.33. The van der Waals surface area contributed by atoms with Gasteiger partial charge in [0.25, 0.3) is 5.91 Å². The molecule has 6 nitrogen and oxygen atoms in total. The number of carbonyl (C=O) groups excluding carboxylic acids is 1. The highest BCUT2D eigenvalue weighted by Crippen LogP contribution is 2.23. The Morgan fingerprint density at radius 2 is 2.15 bits per heavy atom. The van der Waals surface area contributed by atoms with Gasteiger partial charge in [0, 0.05) is 18.1 Å². The molecule has 0 heterocycles. The smallest absolute Gasteiger partial charge is 0.252 e. The number of methoxy groups -OCH3 is 1. The molecule has 1 unspecified atom stereocenters. The van der Waals surface area contributed by atoms with Crippen LogP contribution in [-0.2, 0) is 14.8 Å². The molecule has 0 bridgehead atoms. The van der Waals surface area contributed by atoms with Crippen LogP contribution in [0.2, 0.25) is 0 Å². The summed E-state index contributed by atoms with van der Waals surface area (Å²) in [5.41, 5.74) is -0.0290. The third-order valence-corrected chi connectivity index (χ3v) is 4.11. The third kappa shape index (κ3) is 4.23. The van der Waals surface area contributed by atoms with Gasteiger partial charge in [0.2, 0.25) is 10.0 Å². The normalized spacial score (nSPS) is 13.1. The Bertz CT molecular complexity index is 621.